The Hall–Kier alpha value is -3.51. The topological polar surface area (TPSA) is 64.1 Å². The van der Waals surface area contributed by atoms with E-state index in [4.69, 9.17) is 4.74 Å². The van der Waals surface area contributed by atoms with Gasteiger partial charge in [-0.15, -0.1) is 11.3 Å². The number of benzene rings is 2. The fourth-order valence-electron chi connectivity index (χ4n) is 3.26. The Balaban J connectivity index is 1.28. The summed E-state index contributed by atoms with van der Waals surface area (Å²) in [5.74, 6) is 0.620. The lowest BCUT2D eigenvalue weighted by Crippen LogP contribution is -2.23. The van der Waals surface area contributed by atoms with Crippen molar-refractivity contribution in [3.63, 3.8) is 0 Å². The number of rotatable bonds is 8. The second-order valence-electron chi connectivity index (χ2n) is 7.09. The van der Waals surface area contributed by atoms with Gasteiger partial charge in [-0.05, 0) is 48.7 Å². The summed E-state index contributed by atoms with van der Waals surface area (Å²) >= 11 is 1.61. The van der Waals surface area contributed by atoms with Gasteiger partial charge >= 0.3 is 0 Å². The van der Waals surface area contributed by atoms with Crippen molar-refractivity contribution in [2.75, 3.05) is 6.54 Å². The molecule has 0 aliphatic rings. The Kier molecular flexibility index (Phi) is 6.69. The van der Waals surface area contributed by atoms with Crippen molar-refractivity contribution in [3.05, 3.63) is 94.1 Å². The number of pyridine rings is 1. The minimum atomic E-state index is -0.127. The molecule has 1 N–H and O–H groups in total. The third-order valence-electron chi connectivity index (χ3n) is 4.75. The third kappa shape index (κ3) is 5.77. The van der Waals surface area contributed by atoms with Gasteiger partial charge in [0.1, 0.15) is 12.4 Å². The number of aromatic nitrogens is 2. The molecule has 0 unspecified atom stereocenters. The van der Waals surface area contributed by atoms with Crippen LogP contribution in [0.15, 0.2) is 72.3 Å². The lowest BCUT2D eigenvalue weighted by Gasteiger charge is -2.06. The maximum absolute atomic E-state index is 12.2. The van der Waals surface area contributed by atoms with Crippen LogP contribution in [-0.4, -0.2) is 22.4 Å². The zero-order chi connectivity index (χ0) is 21.5. The number of carbonyl (C=O) groups excluding carboxylic acids is 1. The van der Waals surface area contributed by atoms with Crippen LogP contribution in [0.4, 0.5) is 0 Å². The van der Waals surface area contributed by atoms with Gasteiger partial charge in [0.25, 0.3) is 0 Å². The first-order valence-electron chi connectivity index (χ1n) is 10.1. The Labute approximate surface area is 185 Å². The molecule has 0 spiro atoms. The first kappa shape index (κ1) is 20.8. The van der Waals surface area contributed by atoms with Crippen molar-refractivity contribution < 1.29 is 9.53 Å². The van der Waals surface area contributed by atoms with Crippen LogP contribution >= 0.6 is 11.3 Å². The van der Waals surface area contributed by atoms with E-state index in [-0.39, 0.29) is 5.91 Å². The predicted octanol–water partition coefficient (Wildman–Crippen LogP) is 4.95. The molecule has 0 atom stereocenters. The lowest BCUT2D eigenvalue weighted by molar-refractivity contribution is -0.116. The predicted molar refractivity (Wildman–Crippen MR) is 125 cm³/mol. The van der Waals surface area contributed by atoms with Crippen LogP contribution in [0.2, 0.25) is 0 Å². The third-order valence-corrected chi connectivity index (χ3v) is 5.57. The maximum Gasteiger partial charge on any atom is 0.244 e. The minimum absolute atomic E-state index is 0.127. The van der Waals surface area contributed by atoms with Gasteiger partial charge in [0.05, 0.1) is 16.2 Å². The first-order valence-corrected chi connectivity index (χ1v) is 11.0. The van der Waals surface area contributed by atoms with Crippen molar-refractivity contribution in [2.24, 2.45) is 0 Å². The molecule has 2 heterocycles. The molecule has 5 nitrogen and oxygen atoms in total. The Morgan fingerprint density at radius 3 is 2.90 bits per heavy atom. The average molecular weight is 430 g/mol. The van der Waals surface area contributed by atoms with Crippen LogP contribution < -0.4 is 10.1 Å². The number of nitrogens with zero attached hydrogens (tertiary/aromatic N) is 2. The van der Waals surface area contributed by atoms with Crippen LogP contribution in [-0.2, 0) is 17.8 Å². The number of ether oxygens (including phenoxy) is 1. The summed E-state index contributed by atoms with van der Waals surface area (Å²) in [5, 5.41) is 7.07. The number of fused-ring (bicyclic) bond motifs is 1. The zero-order valence-electron chi connectivity index (χ0n) is 17.2. The van der Waals surface area contributed by atoms with E-state index < -0.39 is 0 Å². The fourth-order valence-corrected chi connectivity index (χ4v) is 3.86. The Morgan fingerprint density at radius 2 is 2.03 bits per heavy atom. The Bertz CT molecular complexity index is 1210. The van der Waals surface area contributed by atoms with Crippen LogP contribution in [0.3, 0.4) is 0 Å². The van der Waals surface area contributed by atoms with Crippen LogP contribution in [0.25, 0.3) is 17.0 Å². The molecule has 6 heteroatoms. The summed E-state index contributed by atoms with van der Waals surface area (Å²) in [5.41, 5.74) is 3.94. The highest BCUT2D eigenvalue weighted by molar-refractivity contribution is 7.09. The molecule has 1 amide bonds. The average Bonchev–Trinajstić information content (AvgIpc) is 3.22. The van der Waals surface area contributed by atoms with E-state index in [0.29, 0.717) is 13.2 Å². The van der Waals surface area contributed by atoms with Crippen LogP contribution in [0.1, 0.15) is 21.8 Å². The first-order chi connectivity index (χ1) is 15.2. The summed E-state index contributed by atoms with van der Waals surface area (Å²) < 4.78 is 5.81. The highest BCUT2D eigenvalue weighted by atomic mass is 32.1. The summed E-state index contributed by atoms with van der Waals surface area (Å²) in [6.45, 7) is 2.96. The van der Waals surface area contributed by atoms with Crippen molar-refractivity contribution in [2.45, 2.75) is 20.0 Å². The quantitative estimate of drug-likeness (QED) is 0.403. The van der Waals surface area contributed by atoms with E-state index in [1.165, 1.54) is 0 Å². The van der Waals surface area contributed by atoms with Crippen molar-refractivity contribution in [1.82, 2.24) is 15.3 Å². The number of amides is 1. The largest absolute Gasteiger partial charge is 0.487 e. The highest BCUT2D eigenvalue weighted by Crippen LogP contribution is 2.18. The molecule has 4 rings (SSSR count). The lowest BCUT2D eigenvalue weighted by atomic mass is 10.1. The number of nitrogens with one attached hydrogen (secondary N) is 1. The maximum atomic E-state index is 12.2. The van der Waals surface area contributed by atoms with E-state index in [1.807, 2.05) is 60.8 Å². The van der Waals surface area contributed by atoms with E-state index >= 15 is 0 Å². The molecule has 2 aromatic carbocycles. The molecule has 0 aliphatic carbocycles. The van der Waals surface area contributed by atoms with Gasteiger partial charge in [0.15, 0.2) is 0 Å². The number of para-hydroxylation sites is 1. The van der Waals surface area contributed by atoms with Gasteiger partial charge in [0, 0.05) is 29.6 Å². The van der Waals surface area contributed by atoms with Crippen LogP contribution in [0, 0.1) is 6.92 Å². The number of carbonyl (C=O) groups is 1. The van der Waals surface area contributed by atoms with Gasteiger partial charge in [-0.3, -0.25) is 9.78 Å². The molecule has 0 radical (unpaired) electrons. The number of hydrogen-bond donors (Lipinski definition) is 1. The van der Waals surface area contributed by atoms with E-state index in [9.17, 15) is 4.79 Å². The number of thiazole rings is 1. The normalized spacial score (nSPS) is 11.1. The standard InChI is InChI=1S/C25H23N3O2S/c1-18-28-22(17-31-18)16-30-23-9-2-5-19(15-23)10-11-24(29)26-14-12-21-7-3-6-20-8-4-13-27-25(20)21/h2-11,13,15,17H,12,14,16H2,1H3,(H,26,29)/b11-10+. The van der Waals surface area contributed by atoms with Crippen molar-refractivity contribution in [1.29, 1.82) is 0 Å². The molecule has 0 fully saturated rings. The number of hydrogen-bond acceptors (Lipinski definition) is 5. The smallest absolute Gasteiger partial charge is 0.244 e. The molecular formula is C25H23N3O2S. The molecule has 2 aromatic heterocycles. The van der Waals surface area contributed by atoms with Crippen molar-refractivity contribution in [3.8, 4) is 5.75 Å². The molecule has 0 saturated heterocycles. The fraction of sp³-hybridized carbons (Fsp3) is 0.160. The molecular weight excluding hydrogens is 406 g/mol. The molecule has 0 bridgehead atoms. The minimum Gasteiger partial charge on any atom is -0.487 e. The highest BCUT2D eigenvalue weighted by Gasteiger charge is 2.03. The SMILES string of the molecule is Cc1nc(COc2cccc(/C=C/C(=O)NCCc3cccc4cccnc34)c2)cs1. The monoisotopic (exact) mass is 429 g/mol. The van der Waals surface area contributed by atoms with E-state index in [2.05, 4.69) is 21.4 Å². The van der Waals surface area contributed by atoms with E-state index in [1.54, 1.807) is 29.7 Å². The number of aryl methyl sites for hydroxylation is 1. The summed E-state index contributed by atoms with van der Waals surface area (Å²) in [6.07, 6.45) is 5.86. The second-order valence-corrected chi connectivity index (χ2v) is 8.15. The van der Waals surface area contributed by atoms with Gasteiger partial charge in [-0.1, -0.05) is 36.4 Å². The molecule has 4 aromatic rings. The summed E-state index contributed by atoms with van der Waals surface area (Å²) in [4.78, 5) is 21.1. The summed E-state index contributed by atoms with van der Waals surface area (Å²) in [6, 6.07) is 17.7. The molecule has 0 aliphatic heterocycles. The molecule has 0 saturated carbocycles. The van der Waals surface area contributed by atoms with Gasteiger partial charge in [-0.2, -0.15) is 0 Å². The Morgan fingerprint density at radius 1 is 1.16 bits per heavy atom. The van der Waals surface area contributed by atoms with Crippen molar-refractivity contribution >= 4 is 34.2 Å². The molecule has 31 heavy (non-hydrogen) atoms. The van der Waals surface area contributed by atoms with Gasteiger partial charge < -0.3 is 10.1 Å². The zero-order valence-corrected chi connectivity index (χ0v) is 18.1. The molecule has 156 valence electrons. The van der Waals surface area contributed by atoms with E-state index in [0.717, 1.165) is 44.9 Å². The van der Waals surface area contributed by atoms with Gasteiger partial charge in [-0.25, -0.2) is 4.98 Å². The summed E-state index contributed by atoms with van der Waals surface area (Å²) in [7, 11) is 0. The van der Waals surface area contributed by atoms with Gasteiger partial charge in [0.2, 0.25) is 5.91 Å². The second kappa shape index (κ2) is 10.00. The van der Waals surface area contributed by atoms with Crippen LogP contribution in [0.5, 0.6) is 5.75 Å².